The molecule has 6 heteroatoms. The lowest BCUT2D eigenvalue weighted by molar-refractivity contribution is 0.626. The molecule has 0 unspecified atom stereocenters. The van der Waals surface area contributed by atoms with Crippen LogP contribution >= 0.6 is 11.6 Å². The van der Waals surface area contributed by atoms with Crippen molar-refractivity contribution in [2.45, 2.75) is 0 Å². The van der Waals surface area contributed by atoms with Crippen LogP contribution in [0.15, 0.2) is 24.5 Å². The molecule has 1 aromatic heterocycles. The van der Waals surface area contributed by atoms with Gasteiger partial charge < -0.3 is 5.73 Å². The molecule has 0 saturated carbocycles. The van der Waals surface area contributed by atoms with Gasteiger partial charge in [0.2, 0.25) is 5.95 Å². The van der Waals surface area contributed by atoms with E-state index < -0.39 is 5.82 Å². The standard InChI is InChI=1S/C8H6ClFN4/c9-6-2-1-5(3-7(6)10)14-8(11)12-4-13-14/h1-4H,(H2,11,12,13). The number of nitrogens with two attached hydrogens (primary N) is 1. The van der Waals surface area contributed by atoms with Gasteiger partial charge in [-0.3, -0.25) is 0 Å². The number of anilines is 1. The summed E-state index contributed by atoms with van der Waals surface area (Å²) in [5, 5.41) is 3.89. The Bertz CT molecular complexity index is 468. The van der Waals surface area contributed by atoms with Gasteiger partial charge in [-0.15, -0.1) is 0 Å². The Hall–Kier alpha value is -1.62. The molecule has 2 rings (SSSR count). The molecule has 0 spiro atoms. The van der Waals surface area contributed by atoms with Crippen LogP contribution in [0.25, 0.3) is 5.69 Å². The minimum atomic E-state index is -0.515. The number of hydrogen-bond acceptors (Lipinski definition) is 3. The molecule has 0 aliphatic carbocycles. The zero-order valence-corrected chi connectivity index (χ0v) is 7.74. The van der Waals surface area contributed by atoms with E-state index in [2.05, 4.69) is 10.1 Å². The fourth-order valence-corrected chi connectivity index (χ4v) is 1.18. The lowest BCUT2D eigenvalue weighted by Gasteiger charge is -2.02. The summed E-state index contributed by atoms with van der Waals surface area (Å²) in [6, 6.07) is 4.29. The van der Waals surface area contributed by atoms with E-state index in [0.29, 0.717) is 5.69 Å². The normalized spacial score (nSPS) is 10.4. The number of nitrogens with zero attached hydrogens (tertiary/aromatic N) is 3. The first-order valence-electron chi connectivity index (χ1n) is 3.79. The summed E-state index contributed by atoms with van der Waals surface area (Å²) in [5.41, 5.74) is 5.98. The van der Waals surface area contributed by atoms with Gasteiger partial charge in [0.25, 0.3) is 0 Å². The van der Waals surface area contributed by atoms with Crippen LogP contribution in [0, 0.1) is 5.82 Å². The van der Waals surface area contributed by atoms with Gasteiger partial charge in [-0.2, -0.15) is 14.8 Å². The van der Waals surface area contributed by atoms with Gasteiger partial charge in [-0.1, -0.05) is 11.6 Å². The maximum atomic E-state index is 13.1. The van der Waals surface area contributed by atoms with E-state index in [9.17, 15) is 4.39 Å². The monoisotopic (exact) mass is 212 g/mol. The van der Waals surface area contributed by atoms with Crippen LogP contribution in [-0.4, -0.2) is 14.8 Å². The average molecular weight is 213 g/mol. The summed E-state index contributed by atoms with van der Waals surface area (Å²) in [6.45, 7) is 0. The molecule has 1 aromatic carbocycles. The van der Waals surface area contributed by atoms with Crippen LogP contribution < -0.4 is 5.73 Å². The van der Waals surface area contributed by atoms with E-state index in [1.54, 1.807) is 6.07 Å². The number of nitrogen functional groups attached to an aromatic ring is 1. The fraction of sp³-hybridized carbons (Fsp3) is 0. The number of rotatable bonds is 1. The summed E-state index contributed by atoms with van der Waals surface area (Å²) in [5.74, 6) is -0.314. The smallest absolute Gasteiger partial charge is 0.223 e. The van der Waals surface area contributed by atoms with Crippen molar-refractivity contribution in [3.05, 3.63) is 35.4 Å². The van der Waals surface area contributed by atoms with Gasteiger partial charge in [0.15, 0.2) is 0 Å². The molecule has 0 fully saturated rings. The summed E-state index contributed by atoms with van der Waals surface area (Å²) < 4.78 is 14.4. The summed E-state index contributed by atoms with van der Waals surface area (Å²) in [6.07, 6.45) is 1.29. The van der Waals surface area contributed by atoms with Gasteiger partial charge in [0, 0.05) is 6.07 Å². The van der Waals surface area contributed by atoms with Crippen LogP contribution in [0.3, 0.4) is 0 Å². The van der Waals surface area contributed by atoms with Crippen molar-refractivity contribution in [2.75, 3.05) is 5.73 Å². The third-order valence-electron chi connectivity index (χ3n) is 1.72. The van der Waals surface area contributed by atoms with Crippen LogP contribution in [-0.2, 0) is 0 Å². The van der Waals surface area contributed by atoms with E-state index in [1.807, 2.05) is 0 Å². The molecule has 4 nitrogen and oxygen atoms in total. The second kappa shape index (κ2) is 3.26. The Balaban J connectivity index is 2.53. The molecule has 1 heterocycles. The third-order valence-corrected chi connectivity index (χ3v) is 2.03. The predicted molar refractivity (Wildman–Crippen MR) is 50.7 cm³/mol. The topological polar surface area (TPSA) is 56.7 Å². The largest absolute Gasteiger partial charge is 0.368 e. The molecule has 0 amide bonds. The summed E-state index contributed by atoms with van der Waals surface area (Å²) >= 11 is 5.53. The second-order valence-corrected chi connectivity index (χ2v) is 3.04. The van der Waals surface area contributed by atoms with Crippen molar-refractivity contribution in [3.63, 3.8) is 0 Å². The van der Waals surface area contributed by atoms with Crippen molar-refractivity contribution in [1.82, 2.24) is 14.8 Å². The molecular weight excluding hydrogens is 207 g/mol. The molecule has 14 heavy (non-hydrogen) atoms. The van der Waals surface area contributed by atoms with Crippen LogP contribution in [0.5, 0.6) is 0 Å². The summed E-state index contributed by atoms with van der Waals surface area (Å²) in [7, 11) is 0. The van der Waals surface area contributed by atoms with Crippen molar-refractivity contribution in [2.24, 2.45) is 0 Å². The number of benzene rings is 1. The molecule has 2 aromatic rings. The highest BCUT2D eigenvalue weighted by Crippen LogP contribution is 2.18. The minimum Gasteiger partial charge on any atom is -0.368 e. The molecule has 0 atom stereocenters. The zero-order chi connectivity index (χ0) is 10.1. The first-order chi connectivity index (χ1) is 6.68. The summed E-state index contributed by atoms with van der Waals surface area (Å²) in [4.78, 5) is 3.72. The third kappa shape index (κ3) is 1.42. The molecule has 0 aliphatic heterocycles. The lowest BCUT2D eigenvalue weighted by Crippen LogP contribution is -2.02. The Morgan fingerprint density at radius 3 is 2.79 bits per heavy atom. The average Bonchev–Trinajstić information content (AvgIpc) is 2.57. The fourth-order valence-electron chi connectivity index (χ4n) is 1.07. The lowest BCUT2D eigenvalue weighted by atomic mass is 10.3. The second-order valence-electron chi connectivity index (χ2n) is 2.63. The van der Waals surface area contributed by atoms with Gasteiger partial charge in [0.1, 0.15) is 12.1 Å². The molecule has 2 N–H and O–H groups in total. The highest BCUT2D eigenvalue weighted by atomic mass is 35.5. The van der Waals surface area contributed by atoms with Crippen molar-refractivity contribution in [3.8, 4) is 5.69 Å². The molecule has 0 radical (unpaired) electrons. The highest BCUT2D eigenvalue weighted by Gasteiger charge is 2.05. The molecule has 72 valence electrons. The van der Waals surface area contributed by atoms with Gasteiger partial charge in [0.05, 0.1) is 10.7 Å². The number of aromatic nitrogens is 3. The molecule has 0 aliphatic rings. The molecule has 0 saturated heterocycles. The van der Waals surface area contributed by atoms with E-state index in [0.717, 1.165) is 0 Å². The van der Waals surface area contributed by atoms with Crippen LogP contribution in [0.1, 0.15) is 0 Å². The van der Waals surface area contributed by atoms with Crippen LogP contribution in [0.4, 0.5) is 10.3 Å². The predicted octanol–water partition coefficient (Wildman–Crippen LogP) is 1.64. The maximum Gasteiger partial charge on any atom is 0.223 e. The van der Waals surface area contributed by atoms with E-state index in [1.165, 1.54) is 23.1 Å². The van der Waals surface area contributed by atoms with Crippen molar-refractivity contribution < 1.29 is 4.39 Å². The van der Waals surface area contributed by atoms with Crippen LogP contribution in [0.2, 0.25) is 5.02 Å². The SMILES string of the molecule is Nc1ncnn1-c1ccc(Cl)c(F)c1. The Labute approximate surface area is 84.1 Å². The van der Waals surface area contributed by atoms with Gasteiger partial charge >= 0.3 is 0 Å². The van der Waals surface area contributed by atoms with E-state index >= 15 is 0 Å². The molecule has 0 bridgehead atoms. The Morgan fingerprint density at radius 1 is 1.43 bits per heavy atom. The van der Waals surface area contributed by atoms with Crippen molar-refractivity contribution in [1.29, 1.82) is 0 Å². The maximum absolute atomic E-state index is 13.1. The van der Waals surface area contributed by atoms with Gasteiger partial charge in [-0.05, 0) is 12.1 Å². The first kappa shape index (κ1) is 8.96. The highest BCUT2D eigenvalue weighted by molar-refractivity contribution is 6.30. The molecular formula is C8H6ClFN4. The Kier molecular flexibility index (Phi) is 2.09. The quantitative estimate of drug-likeness (QED) is 0.782. The minimum absolute atomic E-state index is 0.0624. The van der Waals surface area contributed by atoms with Gasteiger partial charge in [-0.25, -0.2) is 4.39 Å². The zero-order valence-electron chi connectivity index (χ0n) is 6.98. The number of halogens is 2. The number of hydrogen-bond donors (Lipinski definition) is 1. The first-order valence-corrected chi connectivity index (χ1v) is 4.17. The van der Waals surface area contributed by atoms with Crippen molar-refractivity contribution >= 4 is 17.5 Å². The Morgan fingerprint density at radius 2 is 2.21 bits per heavy atom. The van der Waals surface area contributed by atoms with E-state index in [4.69, 9.17) is 17.3 Å². The van der Waals surface area contributed by atoms with E-state index in [-0.39, 0.29) is 11.0 Å².